The van der Waals surface area contributed by atoms with Gasteiger partial charge in [-0.2, -0.15) is 0 Å². The third-order valence-corrected chi connectivity index (χ3v) is 4.67. The van der Waals surface area contributed by atoms with Gasteiger partial charge in [0.1, 0.15) is 11.1 Å². The molecule has 1 N–H and O–H groups in total. The maximum absolute atomic E-state index is 10.7. The Kier molecular flexibility index (Phi) is 6.89. The molecule has 3 nitrogen and oxygen atoms in total. The predicted molar refractivity (Wildman–Crippen MR) is 102 cm³/mol. The van der Waals surface area contributed by atoms with E-state index in [-0.39, 0.29) is 5.41 Å². The molecule has 25 heavy (non-hydrogen) atoms. The van der Waals surface area contributed by atoms with Crippen LogP contribution in [0.5, 0.6) is 5.75 Å². The van der Waals surface area contributed by atoms with E-state index in [0.717, 1.165) is 24.2 Å². The molecule has 0 bridgehead atoms. The molecule has 2 aromatic carbocycles. The minimum Gasteiger partial charge on any atom is -0.493 e. The quantitative estimate of drug-likeness (QED) is 0.636. The summed E-state index contributed by atoms with van der Waals surface area (Å²) in [6.45, 7) is 4.94. The highest BCUT2D eigenvalue weighted by Gasteiger charge is 2.21. The summed E-state index contributed by atoms with van der Waals surface area (Å²) in [5.74, 6) is -0.111. The molecule has 4 heteroatoms. The molecule has 2 aromatic rings. The van der Waals surface area contributed by atoms with Gasteiger partial charge in [-0.1, -0.05) is 56.3 Å². The molecule has 1 unspecified atom stereocenters. The fraction of sp³-hybridized carbons (Fsp3) is 0.381. The van der Waals surface area contributed by atoms with E-state index in [2.05, 4.69) is 26.0 Å². The van der Waals surface area contributed by atoms with Crippen molar-refractivity contribution in [1.82, 2.24) is 0 Å². The zero-order chi connectivity index (χ0) is 18.3. The number of aliphatic carboxylic acids is 1. The number of aryl methyl sites for hydroxylation is 1. The number of hydrogen-bond donors (Lipinski definition) is 1. The van der Waals surface area contributed by atoms with Gasteiger partial charge in [0.25, 0.3) is 0 Å². The van der Waals surface area contributed by atoms with Gasteiger partial charge in [-0.15, -0.1) is 11.6 Å². The lowest BCUT2D eigenvalue weighted by molar-refractivity contribution is -0.136. The number of ether oxygens (including phenoxy) is 1. The molecule has 0 aliphatic heterocycles. The molecule has 0 aliphatic rings. The average molecular weight is 361 g/mol. The zero-order valence-electron chi connectivity index (χ0n) is 14.7. The van der Waals surface area contributed by atoms with Crippen molar-refractivity contribution in [2.75, 3.05) is 6.61 Å². The highest BCUT2D eigenvalue weighted by molar-refractivity contribution is 6.29. The van der Waals surface area contributed by atoms with Gasteiger partial charge < -0.3 is 9.84 Å². The predicted octanol–water partition coefficient (Wildman–Crippen LogP) is 5.06. The fourth-order valence-corrected chi connectivity index (χ4v) is 2.75. The van der Waals surface area contributed by atoms with Crippen LogP contribution >= 0.6 is 11.6 Å². The number of carboxylic acids is 1. The van der Waals surface area contributed by atoms with Crippen LogP contribution in [0.1, 0.15) is 37.8 Å². The van der Waals surface area contributed by atoms with E-state index < -0.39 is 11.3 Å². The number of benzene rings is 2. The third-order valence-electron chi connectivity index (χ3n) is 4.27. The molecule has 0 fully saturated rings. The smallest absolute Gasteiger partial charge is 0.321 e. The van der Waals surface area contributed by atoms with Gasteiger partial charge in [-0.3, -0.25) is 4.79 Å². The number of carboxylic acid groups (broad SMARTS) is 1. The molecule has 0 saturated heterocycles. The van der Waals surface area contributed by atoms with Crippen LogP contribution < -0.4 is 4.74 Å². The van der Waals surface area contributed by atoms with Crippen LogP contribution in [0.3, 0.4) is 0 Å². The van der Waals surface area contributed by atoms with E-state index in [0.29, 0.717) is 13.0 Å². The molecule has 0 heterocycles. The molecule has 2 rings (SSSR count). The van der Waals surface area contributed by atoms with E-state index >= 15 is 0 Å². The molecule has 134 valence electrons. The Morgan fingerprint density at radius 3 is 2.36 bits per heavy atom. The Labute approximate surface area is 154 Å². The Morgan fingerprint density at radius 1 is 1.12 bits per heavy atom. The summed E-state index contributed by atoms with van der Waals surface area (Å²) in [4.78, 5) is 10.7. The first-order chi connectivity index (χ1) is 11.9. The topological polar surface area (TPSA) is 46.5 Å². The normalized spacial score (nSPS) is 12.6. The summed E-state index contributed by atoms with van der Waals surface area (Å²) < 4.78 is 5.96. The Morgan fingerprint density at radius 2 is 1.76 bits per heavy atom. The molecular formula is C21H25ClO3. The first kappa shape index (κ1) is 19.3. The van der Waals surface area contributed by atoms with Crippen LogP contribution in [-0.2, 0) is 16.6 Å². The minimum absolute atomic E-state index is 0.0634. The Hall–Kier alpha value is -2.00. The molecular weight excluding hydrogens is 336 g/mol. The van der Waals surface area contributed by atoms with Gasteiger partial charge in [-0.25, -0.2) is 0 Å². The molecule has 0 radical (unpaired) electrons. The maximum Gasteiger partial charge on any atom is 0.321 e. The van der Waals surface area contributed by atoms with Gasteiger partial charge in [0.15, 0.2) is 0 Å². The summed E-state index contributed by atoms with van der Waals surface area (Å²) in [7, 11) is 0. The van der Waals surface area contributed by atoms with E-state index in [1.165, 1.54) is 5.56 Å². The summed E-state index contributed by atoms with van der Waals surface area (Å²) in [6, 6.07) is 18.3. The molecule has 0 spiro atoms. The van der Waals surface area contributed by atoms with Crippen LogP contribution in [0, 0.1) is 0 Å². The Bertz CT molecular complexity index is 665. The van der Waals surface area contributed by atoms with E-state index in [1.807, 2.05) is 42.5 Å². The third kappa shape index (κ3) is 6.09. The molecule has 0 saturated carbocycles. The van der Waals surface area contributed by atoms with Gasteiger partial charge in [0, 0.05) is 5.41 Å². The monoisotopic (exact) mass is 360 g/mol. The van der Waals surface area contributed by atoms with E-state index in [1.54, 1.807) is 0 Å². The summed E-state index contributed by atoms with van der Waals surface area (Å²) >= 11 is 5.72. The largest absolute Gasteiger partial charge is 0.493 e. The summed E-state index contributed by atoms with van der Waals surface area (Å²) in [6.07, 6.45) is 2.04. The second-order valence-corrected chi connectivity index (χ2v) is 7.41. The van der Waals surface area contributed by atoms with Crippen molar-refractivity contribution in [2.24, 2.45) is 0 Å². The number of hydrogen-bond acceptors (Lipinski definition) is 2. The SMILES string of the molecule is CC(C)(COc1ccc(CCCC(Cl)C(=O)O)cc1)c1ccccc1. The van der Waals surface area contributed by atoms with E-state index in [9.17, 15) is 4.79 Å². The van der Waals surface area contributed by atoms with E-state index in [4.69, 9.17) is 21.4 Å². The summed E-state index contributed by atoms with van der Waals surface area (Å²) in [5.41, 5.74) is 2.34. The van der Waals surface area contributed by atoms with Crippen molar-refractivity contribution in [3.05, 3.63) is 65.7 Å². The average Bonchev–Trinajstić information content (AvgIpc) is 2.61. The zero-order valence-corrected chi connectivity index (χ0v) is 15.5. The number of alkyl halides is 1. The van der Waals surface area contributed by atoms with Crippen molar-refractivity contribution in [3.8, 4) is 5.75 Å². The maximum atomic E-state index is 10.7. The van der Waals surface area contributed by atoms with Crippen LogP contribution in [0.2, 0.25) is 0 Å². The van der Waals surface area contributed by atoms with Gasteiger partial charge >= 0.3 is 5.97 Å². The van der Waals surface area contributed by atoms with Crippen LogP contribution in [0.25, 0.3) is 0 Å². The fourth-order valence-electron chi connectivity index (χ4n) is 2.60. The lowest BCUT2D eigenvalue weighted by atomic mass is 9.86. The molecule has 0 aliphatic carbocycles. The van der Waals surface area contributed by atoms with Crippen molar-refractivity contribution in [2.45, 2.75) is 43.9 Å². The summed E-state index contributed by atoms with van der Waals surface area (Å²) in [5, 5.41) is 7.97. The van der Waals surface area contributed by atoms with Crippen molar-refractivity contribution >= 4 is 17.6 Å². The second kappa shape index (κ2) is 8.91. The van der Waals surface area contributed by atoms with Crippen molar-refractivity contribution in [3.63, 3.8) is 0 Å². The first-order valence-corrected chi connectivity index (χ1v) is 8.96. The first-order valence-electron chi connectivity index (χ1n) is 8.52. The van der Waals surface area contributed by atoms with Crippen LogP contribution in [0.4, 0.5) is 0 Å². The second-order valence-electron chi connectivity index (χ2n) is 6.88. The number of carbonyl (C=O) groups is 1. The van der Waals surface area contributed by atoms with Crippen molar-refractivity contribution in [1.29, 1.82) is 0 Å². The van der Waals surface area contributed by atoms with Crippen molar-refractivity contribution < 1.29 is 14.6 Å². The molecule has 0 amide bonds. The van der Waals surface area contributed by atoms with Gasteiger partial charge in [0.05, 0.1) is 6.61 Å². The molecule has 1 atom stereocenters. The van der Waals surface area contributed by atoms with Gasteiger partial charge in [-0.05, 0) is 42.5 Å². The van der Waals surface area contributed by atoms with Crippen LogP contribution in [-0.4, -0.2) is 23.1 Å². The molecule has 0 aromatic heterocycles. The minimum atomic E-state index is -0.952. The Balaban J connectivity index is 1.83. The van der Waals surface area contributed by atoms with Gasteiger partial charge in [0.2, 0.25) is 0 Å². The van der Waals surface area contributed by atoms with Crippen LogP contribution in [0.15, 0.2) is 54.6 Å². The number of halogens is 1. The highest BCUT2D eigenvalue weighted by atomic mass is 35.5. The lowest BCUT2D eigenvalue weighted by Gasteiger charge is -2.25. The number of rotatable bonds is 9. The standard InChI is InChI=1S/C21H25ClO3/c1-21(2,17-8-4-3-5-9-17)15-25-18-13-11-16(12-14-18)7-6-10-19(22)20(23)24/h3-5,8-9,11-14,19H,6-7,10,15H2,1-2H3,(H,23,24). The lowest BCUT2D eigenvalue weighted by Crippen LogP contribution is -2.26. The highest BCUT2D eigenvalue weighted by Crippen LogP contribution is 2.24.